The number of fused-ring (bicyclic) bond motifs is 3. The number of halogens is 2. The molecular weight excluding hydrogens is 244 g/mol. The van der Waals surface area contributed by atoms with Crippen LogP contribution < -0.4 is 5.56 Å². The molecule has 1 N–H and O–H groups in total. The Labute approximate surface area is 99.2 Å². The zero-order valence-corrected chi connectivity index (χ0v) is 9.05. The molecule has 0 spiro atoms. The number of H-pyrrole nitrogens is 1. The van der Waals surface area contributed by atoms with E-state index in [2.05, 4.69) is 4.98 Å². The molecule has 0 saturated carbocycles. The number of rotatable bonds is 0. The lowest BCUT2D eigenvalue weighted by atomic mass is 9.99. The van der Waals surface area contributed by atoms with Crippen molar-refractivity contribution < 1.29 is 18.3 Å². The summed E-state index contributed by atoms with van der Waals surface area (Å²) in [6.07, 6.45) is 0. The third-order valence-electron chi connectivity index (χ3n) is 2.87. The minimum atomic E-state index is -0.914. The highest BCUT2D eigenvalue weighted by molar-refractivity contribution is 6.10. The van der Waals surface area contributed by atoms with Crippen molar-refractivity contribution in [2.75, 3.05) is 6.61 Å². The minimum absolute atomic E-state index is 0.0308. The highest BCUT2D eigenvalue weighted by atomic mass is 19.1. The number of nitrogens with one attached hydrogen (secondary N) is 1. The Morgan fingerprint density at radius 3 is 2.72 bits per heavy atom. The van der Waals surface area contributed by atoms with Crippen molar-refractivity contribution in [2.45, 2.75) is 6.61 Å². The van der Waals surface area contributed by atoms with Gasteiger partial charge in [-0.1, -0.05) is 0 Å². The number of carbonyl (C=O) groups is 1. The molecule has 2 heterocycles. The van der Waals surface area contributed by atoms with Crippen LogP contribution in [0.3, 0.4) is 0 Å². The predicted octanol–water partition coefficient (Wildman–Crippen LogP) is 1.52. The summed E-state index contributed by atoms with van der Waals surface area (Å²) in [5.74, 6) is -2.20. The second-order valence-corrected chi connectivity index (χ2v) is 4.03. The van der Waals surface area contributed by atoms with E-state index in [4.69, 9.17) is 4.74 Å². The second kappa shape index (κ2) is 3.71. The molecule has 0 radical (unpaired) electrons. The van der Waals surface area contributed by atoms with Crippen LogP contribution in [0.15, 0.2) is 16.9 Å². The van der Waals surface area contributed by atoms with Gasteiger partial charge in [-0.2, -0.15) is 0 Å². The van der Waals surface area contributed by atoms with Gasteiger partial charge in [0, 0.05) is 11.5 Å². The summed E-state index contributed by atoms with van der Waals surface area (Å²) in [4.78, 5) is 25.9. The molecule has 3 rings (SSSR count). The van der Waals surface area contributed by atoms with Crippen molar-refractivity contribution in [1.29, 1.82) is 0 Å². The van der Waals surface area contributed by atoms with E-state index >= 15 is 0 Å². The van der Waals surface area contributed by atoms with Gasteiger partial charge in [0.25, 0.3) is 5.56 Å². The molecule has 18 heavy (non-hydrogen) atoms. The number of benzene rings is 1. The number of ketones is 1. The number of ether oxygens (including phenoxy) is 1. The van der Waals surface area contributed by atoms with Crippen molar-refractivity contribution in [3.05, 3.63) is 45.4 Å². The molecule has 0 unspecified atom stereocenters. The molecule has 2 aromatic rings. The van der Waals surface area contributed by atoms with Crippen LogP contribution in [0.25, 0.3) is 10.8 Å². The second-order valence-electron chi connectivity index (χ2n) is 4.03. The van der Waals surface area contributed by atoms with E-state index in [1.165, 1.54) is 0 Å². The smallest absolute Gasteiger partial charge is 0.256 e. The van der Waals surface area contributed by atoms with Gasteiger partial charge < -0.3 is 9.72 Å². The first-order valence-electron chi connectivity index (χ1n) is 5.23. The number of hydrogen-bond acceptors (Lipinski definition) is 3. The molecule has 1 aromatic carbocycles. The van der Waals surface area contributed by atoms with Crippen LogP contribution in [0, 0.1) is 11.6 Å². The van der Waals surface area contributed by atoms with Gasteiger partial charge in [-0.25, -0.2) is 8.78 Å². The van der Waals surface area contributed by atoms with Gasteiger partial charge in [0.1, 0.15) is 18.2 Å². The maximum atomic E-state index is 13.8. The Balaban J connectivity index is 2.54. The van der Waals surface area contributed by atoms with Crippen LogP contribution >= 0.6 is 0 Å². The number of pyridine rings is 1. The molecular formula is C12H7F2NO3. The van der Waals surface area contributed by atoms with Crippen LogP contribution in [0.2, 0.25) is 0 Å². The highest BCUT2D eigenvalue weighted by Gasteiger charge is 2.24. The summed E-state index contributed by atoms with van der Waals surface area (Å²) < 4.78 is 31.9. The Morgan fingerprint density at radius 1 is 1.17 bits per heavy atom. The van der Waals surface area contributed by atoms with Crippen molar-refractivity contribution in [3.63, 3.8) is 0 Å². The zero-order valence-electron chi connectivity index (χ0n) is 9.05. The number of Topliss-reactive ketones (excluding diaryl/α,β-unsaturated/α-hetero) is 1. The molecule has 0 aliphatic carbocycles. The van der Waals surface area contributed by atoms with Gasteiger partial charge in [0.05, 0.1) is 23.3 Å². The first-order chi connectivity index (χ1) is 8.58. The third-order valence-corrected chi connectivity index (χ3v) is 2.87. The Morgan fingerprint density at radius 2 is 1.94 bits per heavy atom. The monoisotopic (exact) mass is 251 g/mol. The molecule has 1 aliphatic rings. The van der Waals surface area contributed by atoms with Crippen molar-refractivity contribution in [2.24, 2.45) is 0 Å². The third kappa shape index (κ3) is 1.46. The van der Waals surface area contributed by atoms with Crippen molar-refractivity contribution in [1.82, 2.24) is 4.98 Å². The van der Waals surface area contributed by atoms with E-state index in [9.17, 15) is 18.4 Å². The SMILES string of the molecule is O=C1COCc2[nH]c(=O)c3cc(F)cc(F)c3c21. The zero-order chi connectivity index (χ0) is 12.9. The lowest BCUT2D eigenvalue weighted by Crippen LogP contribution is -2.24. The molecule has 0 amide bonds. The highest BCUT2D eigenvalue weighted by Crippen LogP contribution is 2.25. The Hall–Kier alpha value is -2.08. The first-order valence-corrected chi connectivity index (χ1v) is 5.23. The summed E-state index contributed by atoms with van der Waals surface area (Å²) in [5, 5.41) is -0.301. The van der Waals surface area contributed by atoms with Crippen LogP contribution in [0.1, 0.15) is 16.1 Å². The molecule has 6 heteroatoms. The van der Waals surface area contributed by atoms with E-state index in [1.54, 1.807) is 0 Å². The summed E-state index contributed by atoms with van der Waals surface area (Å²) >= 11 is 0. The van der Waals surface area contributed by atoms with Crippen molar-refractivity contribution >= 4 is 16.6 Å². The summed E-state index contributed by atoms with van der Waals surface area (Å²) in [7, 11) is 0. The summed E-state index contributed by atoms with van der Waals surface area (Å²) in [6.45, 7) is -0.145. The van der Waals surface area contributed by atoms with Crippen LogP contribution in [-0.4, -0.2) is 17.4 Å². The molecule has 1 aliphatic heterocycles. The average molecular weight is 251 g/mol. The van der Waals surface area contributed by atoms with Gasteiger partial charge in [-0.05, 0) is 6.07 Å². The molecule has 4 nitrogen and oxygen atoms in total. The molecule has 0 fully saturated rings. The lowest BCUT2D eigenvalue weighted by Gasteiger charge is -2.17. The number of carbonyl (C=O) groups excluding carboxylic acids is 1. The molecule has 92 valence electrons. The Bertz CT molecular complexity index is 736. The number of aromatic amines is 1. The van der Waals surface area contributed by atoms with Crippen LogP contribution in [0.5, 0.6) is 0 Å². The summed E-state index contributed by atoms with van der Waals surface area (Å²) in [6, 6.07) is 1.57. The molecule has 0 bridgehead atoms. The maximum Gasteiger partial charge on any atom is 0.256 e. The van der Waals surface area contributed by atoms with Gasteiger partial charge in [-0.15, -0.1) is 0 Å². The predicted molar refractivity (Wildman–Crippen MR) is 58.5 cm³/mol. The van der Waals surface area contributed by atoms with Gasteiger partial charge in [0.15, 0.2) is 5.78 Å². The Kier molecular flexibility index (Phi) is 2.27. The minimum Gasteiger partial charge on any atom is -0.367 e. The van der Waals surface area contributed by atoms with E-state index in [1.807, 2.05) is 0 Å². The number of hydrogen-bond donors (Lipinski definition) is 1. The average Bonchev–Trinajstić information content (AvgIpc) is 2.29. The standard InChI is InChI=1S/C12H7F2NO3/c13-5-1-6-10(7(14)2-5)11-8(15-12(6)17)3-18-4-9(11)16/h1-2H,3-4H2,(H,15,17). The van der Waals surface area contributed by atoms with Gasteiger partial charge >= 0.3 is 0 Å². The van der Waals surface area contributed by atoms with Crippen LogP contribution in [-0.2, 0) is 11.3 Å². The van der Waals surface area contributed by atoms with Crippen molar-refractivity contribution in [3.8, 4) is 0 Å². The fourth-order valence-electron chi connectivity index (χ4n) is 2.16. The van der Waals surface area contributed by atoms with Gasteiger partial charge in [-0.3, -0.25) is 9.59 Å². The molecule has 0 saturated heterocycles. The molecule has 1 aromatic heterocycles. The van der Waals surface area contributed by atoms with E-state index in [0.717, 1.165) is 6.07 Å². The van der Waals surface area contributed by atoms with E-state index in [-0.39, 0.29) is 35.2 Å². The fourth-order valence-corrected chi connectivity index (χ4v) is 2.16. The van der Waals surface area contributed by atoms with Crippen LogP contribution in [0.4, 0.5) is 8.78 Å². The lowest BCUT2D eigenvalue weighted by molar-refractivity contribution is 0.0657. The maximum absolute atomic E-state index is 13.8. The topological polar surface area (TPSA) is 59.2 Å². The fraction of sp³-hybridized carbons (Fsp3) is 0.167. The van der Waals surface area contributed by atoms with Gasteiger partial charge in [0.2, 0.25) is 0 Å². The quantitative estimate of drug-likeness (QED) is 0.772. The number of aromatic nitrogens is 1. The van der Waals surface area contributed by atoms with E-state index < -0.39 is 23.0 Å². The van der Waals surface area contributed by atoms with E-state index in [0.29, 0.717) is 6.07 Å². The summed E-state index contributed by atoms with van der Waals surface area (Å²) in [5.41, 5.74) is -0.331. The normalized spacial score (nSPS) is 14.9. The largest absolute Gasteiger partial charge is 0.367 e. The first kappa shape index (κ1) is 11.0. The molecule has 0 atom stereocenters.